The van der Waals surface area contributed by atoms with Crippen molar-refractivity contribution >= 4 is 17.8 Å². The SMILES string of the molecule is CCc1ccc(C(=O)N2CCC3(CC(Oc4cccnc4)CO3)C2)cn1.O=C(O)C(=O)O. The van der Waals surface area contributed by atoms with Crippen LogP contribution >= 0.6 is 0 Å². The summed E-state index contributed by atoms with van der Waals surface area (Å²) in [5.41, 5.74) is 1.34. The third kappa shape index (κ3) is 5.79. The van der Waals surface area contributed by atoms with E-state index in [1.165, 1.54) is 0 Å². The number of carbonyl (C=O) groups is 3. The van der Waals surface area contributed by atoms with E-state index in [0.717, 1.165) is 30.7 Å². The smallest absolute Gasteiger partial charge is 0.414 e. The molecule has 2 fully saturated rings. The first kappa shape index (κ1) is 23.1. The standard InChI is InChI=1S/C20H23N3O3.C2H2O4/c1-2-16-6-5-15(11-22-16)19(24)23-9-7-20(14-23)10-18(13-25-20)26-17-4-3-8-21-12-17;3-1(4)2(5)6/h3-6,8,11-12,18H,2,7,9-10,13-14H2,1H3;(H,3,4)(H,5,6). The number of hydrogen-bond donors (Lipinski definition) is 2. The van der Waals surface area contributed by atoms with Gasteiger partial charge in [-0.05, 0) is 37.1 Å². The fraction of sp³-hybridized carbons (Fsp3) is 0.409. The van der Waals surface area contributed by atoms with Crippen LogP contribution in [0.2, 0.25) is 0 Å². The maximum Gasteiger partial charge on any atom is 0.414 e. The summed E-state index contributed by atoms with van der Waals surface area (Å²) in [6.45, 7) is 3.90. The third-order valence-electron chi connectivity index (χ3n) is 5.33. The zero-order chi connectivity index (χ0) is 23.1. The largest absolute Gasteiger partial charge is 0.486 e. The van der Waals surface area contributed by atoms with Gasteiger partial charge >= 0.3 is 11.9 Å². The van der Waals surface area contributed by atoms with Crippen molar-refractivity contribution < 1.29 is 34.1 Å². The van der Waals surface area contributed by atoms with E-state index >= 15 is 0 Å². The third-order valence-corrected chi connectivity index (χ3v) is 5.33. The predicted octanol–water partition coefficient (Wildman–Crippen LogP) is 1.65. The molecule has 4 heterocycles. The van der Waals surface area contributed by atoms with Crippen LogP contribution in [0.4, 0.5) is 0 Å². The Labute approximate surface area is 184 Å². The van der Waals surface area contributed by atoms with Crippen molar-refractivity contribution in [2.75, 3.05) is 19.7 Å². The van der Waals surface area contributed by atoms with E-state index in [2.05, 4.69) is 16.9 Å². The summed E-state index contributed by atoms with van der Waals surface area (Å²) in [6.07, 6.45) is 7.61. The fourth-order valence-electron chi connectivity index (χ4n) is 3.73. The van der Waals surface area contributed by atoms with E-state index in [9.17, 15) is 4.79 Å². The molecule has 2 atom stereocenters. The summed E-state index contributed by atoms with van der Waals surface area (Å²) >= 11 is 0. The first-order valence-electron chi connectivity index (χ1n) is 10.2. The Morgan fingerprint density at radius 1 is 1.22 bits per heavy atom. The van der Waals surface area contributed by atoms with Gasteiger partial charge in [0.05, 0.1) is 30.5 Å². The van der Waals surface area contributed by atoms with Gasteiger partial charge in [0.15, 0.2) is 0 Å². The first-order chi connectivity index (χ1) is 15.3. The number of aryl methyl sites for hydroxylation is 1. The molecule has 10 heteroatoms. The van der Waals surface area contributed by atoms with E-state index in [0.29, 0.717) is 25.3 Å². The molecule has 2 aromatic heterocycles. The van der Waals surface area contributed by atoms with E-state index in [-0.39, 0.29) is 17.6 Å². The number of pyridine rings is 2. The molecule has 0 bridgehead atoms. The lowest BCUT2D eigenvalue weighted by molar-refractivity contribution is -0.159. The number of rotatable bonds is 4. The van der Waals surface area contributed by atoms with Crippen LogP contribution in [0.3, 0.4) is 0 Å². The summed E-state index contributed by atoms with van der Waals surface area (Å²) in [6, 6.07) is 7.54. The molecule has 0 radical (unpaired) electrons. The number of nitrogens with zero attached hydrogens (tertiary/aromatic N) is 3. The van der Waals surface area contributed by atoms with Gasteiger partial charge in [-0.2, -0.15) is 0 Å². The molecule has 2 unspecified atom stereocenters. The van der Waals surface area contributed by atoms with Gasteiger partial charge in [0.25, 0.3) is 5.91 Å². The number of likely N-dealkylation sites (tertiary alicyclic amines) is 1. The molecule has 10 nitrogen and oxygen atoms in total. The number of ether oxygens (including phenoxy) is 2. The van der Waals surface area contributed by atoms with Crippen molar-refractivity contribution in [1.82, 2.24) is 14.9 Å². The molecule has 2 saturated heterocycles. The number of carboxylic acids is 2. The van der Waals surface area contributed by atoms with Gasteiger partial charge in [-0.25, -0.2) is 9.59 Å². The van der Waals surface area contributed by atoms with E-state index in [1.807, 2.05) is 29.2 Å². The van der Waals surface area contributed by atoms with E-state index in [1.54, 1.807) is 18.6 Å². The molecule has 2 aliphatic heterocycles. The van der Waals surface area contributed by atoms with Gasteiger partial charge in [0, 0.05) is 31.1 Å². The maximum atomic E-state index is 12.8. The number of aromatic nitrogens is 2. The molecule has 1 spiro atoms. The van der Waals surface area contributed by atoms with Crippen LogP contribution < -0.4 is 4.74 Å². The van der Waals surface area contributed by atoms with Crippen LogP contribution in [0.5, 0.6) is 5.75 Å². The summed E-state index contributed by atoms with van der Waals surface area (Å²) < 4.78 is 12.1. The van der Waals surface area contributed by atoms with Crippen LogP contribution in [0.25, 0.3) is 0 Å². The quantitative estimate of drug-likeness (QED) is 0.675. The fourth-order valence-corrected chi connectivity index (χ4v) is 3.73. The molecular weight excluding hydrogens is 418 g/mol. The molecule has 170 valence electrons. The summed E-state index contributed by atoms with van der Waals surface area (Å²) in [7, 11) is 0. The molecule has 4 rings (SSSR count). The Bertz CT molecular complexity index is 940. The zero-order valence-electron chi connectivity index (χ0n) is 17.6. The van der Waals surface area contributed by atoms with Crippen LogP contribution in [0.1, 0.15) is 35.8 Å². The Hall–Kier alpha value is -3.53. The van der Waals surface area contributed by atoms with E-state index < -0.39 is 11.9 Å². The van der Waals surface area contributed by atoms with Crippen molar-refractivity contribution in [2.24, 2.45) is 0 Å². The normalized spacial score (nSPS) is 21.7. The van der Waals surface area contributed by atoms with Crippen LogP contribution in [-0.2, 0) is 20.7 Å². The highest BCUT2D eigenvalue weighted by molar-refractivity contribution is 6.27. The predicted molar refractivity (Wildman–Crippen MR) is 111 cm³/mol. The molecule has 32 heavy (non-hydrogen) atoms. The molecule has 0 aliphatic carbocycles. The van der Waals surface area contributed by atoms with Gasteiger partial charge in [-0.3, -0.25) is 14.8 Å². The number of aliphatic carboxylic acids is 2. The number of amides is 1. The monoisotopic (exact) mass is 443 g/mol. The highest BCUT2D eigenvalue weighted by atomic mass is 16.6. The molecule has 0 saturated carbocycles. The number of hydrogen-bond acceptors (Lipinski definition) is 7. The second-order valence-electron chi connectivity index (χ2n) is 7.61. The van der Waals surface area contributed by atoms with Crippen molar-refractivity contribution in [3.05, 3.63) is 54.1 Å². The summed E-state index contributed by atoms with van der Waals surface area (Å²) in [5.74, 6) is -2.87. The second kappa shape index (κ2) is 10.2. The summed E-state index contributed by atoms with van der Waals surface area (Å²) in [4.78, 5) is 41.2. The number of carboxylic acid groups (broad SMARTS) is 2. The molecule has 2 N–H and O–H groups in total. The topological polar surface area (TPSA) is 139 Å². The van der Waals surface area contributed by atoms with Gasteiger partial charge in [-0.15, -0.1) is 0 Å². The maximum absolute atomic E-state index is 12.8. The van der Waals surface area contributed by atoms with Crippen LogP contribution in [0.15, 0.2) is 42.9 Å². The molecule has 0 aromatic carbocycles. The van der Waals surface area contributed by atoms with Crippen LogP contribution in [0, 0.1) is 0 Å². The Kier molecular flexibility index (Phi) is 7.37. The zero-order valence-corrected chi connectivity index (χ0v) is 17.6. The minimum absolute atomic E-state index is 0.000226. The van der Waals surface area contributed by atoms with Crippen molar-refractivity contribution in [3.63, 3.8) is 0 Å². The van der Waals surface area contributed by atoms with Gasteiger partial charge in [0.2, 0.25) is 0 Å². The first-order valence-corrected chi connectivity index (χ1v) is 10.2. The Balaban J connectivity index is 0.000000427. The average molecular weight is 443 g/mol. The second-order valence-corrected chi connectivity index (χ2v) is 7.61. The van der Waals surface area contributed by atoms with E-state index in [4.69, 9.17) is 29.3 Å². The van der Waals surface area contributed by atoms with Crippen molar-refractivity contribution in [1.29, 1.82) is 0 Å². The Morgan fingerprint density at radius 3 is 2.59 bits per heavy atom. The Morgan fingerprint density at radius 2 is 2.00 bits per heavy atom. The van der Waals surface area contributed by atoms with Gasteiger partial charge in [0.1, 0.15) is 11.9 Å². The van der Waals surface area contributed by atoms with Gasteiger partial charge in [-0.1, -0.05) is 6.92 Å². The molecular formula is C22H25N3O7. The minimum atomic E-state index is -1.82. The minimum Gasteiger partial charge on any atom is -0.486 e. The number of carbonyl (C=O) groups excluding carboxylic acids is 1. The molecule has 1 amide bonds. The lowest BCUT2D eigenvalue weighted by Crippen LogP contribution is -2.36. The van der Waals surface area contributed by atoms with Crippen molar-refractivity contribution in [3.8, 4) is 5.75 Å². The van der Waals surface area contributed by atoms with Gasteiger partial charge < -0.3 is 24.6 Å². The molecule has 2 aliphatic rings. The highest BCUT2D eigenvalue weighted by Gasteiger charge is 2.47. The lowest BCUT2D eigenvalue weighted by Gasteiger charge is -2.23. The highest BCUT2D eigenvalue weighted by Crippen LogP contribution is 2.37. The van der Waals surface area contributed by atoms with Crippen molar-refractivity contribution in [2.45, 2.75) is 37.9 Å². The summed E-state index contributed by atoms with van der Waals surface area (Å²) in [5, 5.41) is 14.8. The molecule has 2 aromatic rings. The lowest BCUT2D eigenvalue weighted by atomic mass is 9.98. The van der Waals surface area contributed by atoms with Crippen LogP contribution in [-0.4, -0.2) is 74.3 Å². The average Bonchev–Trinajstić information content (AvgIpc) is 3.40.